The fourth-order valence-corrected chi connectivity index (χ4v) is 3.58. The Morgan fingerprint density at radius 2 is 1.83 bits per heavy atom. The lowest BCUT2D eigenvalue weighted by Gasteiger charge is -2.28. The fraction of sp³-hybridized carbons (Fsp3) is 0.348. The van der Waals surface area contributed by atoms with Gasteiger partial charge >= 0.3 is 0 Å². The molecule has 30 heavy (non-hydrogen) atoms. The van der Waals surface area contributed by atoms with Gasteiger partial charge in [-0.25, -0.2) is 0 Å². The third-order valence-electron chi connectivity index (χ3n) is 5.14. The second-order valence-corrected chi connectivity index (χ2v) is 7.23. The Kier molecular flexibility index (Phi) is 6.10. The first kappa shape index (κ1) is 21.4. The van der Waals surface area contributed by atoms with Crippen LogP contribution in [0.2, 0.25) is 0 Å². The first-order chi connectivity index (χ1) is 14.3. The molecule has 0 bridgehead atoms. The molecule has 2 N–H and O–H groups in total. The number of hydrogen-bond acceptors (Lipinski definition) is 7. The molecule has 1 atom stereocenters. The minimum Gasteiger partial charge on any atom is -0.507 e. The number of rotatable bonds is 6. The van der Waals surface area contributed by atoms with E-state index in [0.29, 0.717) is 29.2 Å². The number of ketones is 1. The van der Waals surface area contributed by atoms with Crippen molar-refractivity contribution in [3.63, 3.8) is 0 Å². The standard InChI is InChI=1S/C23H26O7/c1-12(2)6-7-14-16(24)10-18-19(20(14)25)21(26)15(11-30-18)13-8-9-17(27-3)23(29-5)22(13)28-4/h6,8-10,15,24-25H,7,11H2,1-5H3/t15-/m0/s1. The summed E-state index contributed by atoms with van der Waals surface area (Å²) in [6, 6.07) is 4.79. The number of ether oxygens (including phenoxy) is 4. The van der Waals surface area contributed by atoms with Gasteiger partial charge < -0.3 is 29.2 Å². The number of hydrogen-bond donors (Lipinski definition) is 2. The first-order valence-corrected chi connectivity index (χ1v) is 9.51. The van der Waals surface area contributed by atoms with Gasteiger partial charge in [-0.05, 0) is 26.3 Å². The van der Waals surface area contributed by atoms with Crippen LogP contribution in [0.1, 0.15) is 41.3 Å². The van der Waals surface area contributed by atoms with Gasteiger partial charge in [0.25, 0.3) is 0 Å². The average Bonchev–Trinajstić information content (AvgIpc) is 2.72. The van der Waals surface area contributed by atoms with Crippen LogP contribution in [0.5, 0.6) is 34.5 Å². The molecule has 7 nitrogen and oxygen atoms in total. The summed E-state index contributed by atoms with van der Waals surface area (Å²) in [5, 5.41) is 21.1. The maximum Gasteiger partial charge on any atom is 0.203 e. The summed E-state index contributed by atoms with van der Waals surface area (Å²) in [5.74, 6) is -0.0567. The Balaban J connectivity index is 2.10. The number of aromatic hydroxyl groups is 2. The summed E-state index contributed by atoms with van der Waals surface area (Å²) >= 11 is 0. The van der Waals surface area contributed by atoms with E-state index in [4.69, 9.17) is 18.9 Å². The van der Waals surface area contributed by atoms with E-state index < -0.39 is 5.92 Å². The zero-order chi connectivity index (χ0) is 22.0. The second-order valence-electron chi connectivity index (χ2n) is 7.23. The van der Waals surface area contributed by atoms with Crippen LogP contribution in [0.25, 0.3) is 0 Å². The SMILES string of the molecule is COc1ccc([C@@H]2COc3cc(O)c(CC=C(C)C)c(O)c3C2=O)c(OC)c1OC. The third-order valence-corrected chi connectivity index (χ3v) is 5.14. The molecular weight excluding hydrogens is 388 g/mol. The van der Waals surface area contributed by atoms with Gasteiger partial charge in [0.15, 0.2) is 17.3 Å². The maximum absolute atomic E-state index is 13.4. The van der Waals surface area contributed by atoms with Crippen molar-refractivity contribution in [2.24, 2.45) is 0 Å². The van der Waals surface area contributed by atoms with Gasteiger partial charge in [-0.1, -0.05) is 17.7 Å². The number of phenolic OH excluding ortho intramolecular Hbond substituents is 2. The number of allylic oxidation sites excluding steroid dienone is 2. The van der Waals surface area contributed by atoms with E-state index in [0.717, 1.165) is 5.57 Å². The molecule has 0 radical (unpaired) electrons. The van der Waals surface area contributed by atoms with Crippen molar-refractivity contribution < 1.29 is 34.0 Å². The van der Waals surface area contributed by atoms with Crippen molar-refractivity contribution in [1.82, 2.24) is 0 Å². The lowest BCUT2D eigenvalue weighted by molar-refractivity contribution is 0.0889. The lowest BCUT2D eigenvalue weighted by Crippen LogP contribution is -2.27. The molecule has 2 aromatic rings. The number of Topliss-reactive ketones (excluding diaryl/α,β-unsaturated/α-hetero) is 1. The molecule has 0 aromatic heterocycles. The molecule has 0 spiro atoms. The highest BCUT2D eigenvalue weighted by Gasteiger charge is 2.37. The molecule has 1 aliphatic heterocycles. The number of methoxy groups -OCH3 is 3. The molecule has 1 heterocycles. The van der Waals surface area contributed by atoms with Gasteiger partial charge in [0.1, 0.15) is 29.4 Å². The number of carbonyl (C=O) groups excluding carboxylic acids is 1. The Morgan fingerprint density at radius 3 is 2.43 bits per heavy atom. The first-order valence-electron chi connectivity index (χ1n) is 9.51. The fourth-order valence-electron chi connectivity index (χ4n) is 3.58. The van der Waals surface area contributed by atoms with E-state index >= 15 is 0 Å². The summed E-state index contributed by atoms with van der Waals surface area (Å²) < 4.78 is 22.0. The molecule has 3 rings (SSSR count). The summed E-state index contributed by atoms with van der Waals surface area (Å²) in [6.45, 7) is 3.87. The Hall–Kier alpha value is -3.35. The van der Waals surface area contributed by atoms with E-state index in [1.165, 1.54) is 27.4 Å². The molecule has 0 unspecified atom stereocenters. The third kappa shape index (κ3) is 3.63. The van der Waals surface area contributed by atoms with Crippen LogP contribution < -0.4 is 18.9 Å². The van der Waals surface area contributed by atoms with Crippen molar-refractivity contribution >= 4 is 5.78 Å². The molecule has 1 aliphatic rings. The number of fused-ring (bicyclic) bond motifs is 1. The predicted molar refractivity (Wildman–Crippen MR) is 112 cm³/mol. The van der Waals surface area contributed by atoms with Crippen molar-refractivity contribution in [3.05, 3.63) is 46.5 Å². The smallest absolute Gasteiger partial charge is 0.203 e. The normalized spacial score (nSPS) is 15.1. The van der Waals surface area contributed by atoms with Crippen LogP contribution in [-0.4, -0.2) is 43.9 Å². The topological polar surface area (TPSA) is 94.5 Å². The Morgan fingerprint density at radius 1 is 1.13 bits per heavy atom. The summed E-state index contributed by atoms with van der Waals surface area (Å²) in [7, 11) is 4.49. The van der Waals surface area contributed by atoms with E-state index in [1.807, 2.05) is 19.9 Å². The highest BCUT2D eigenvalue weighted by molar-refractivity contribution is 6.07. The molecule has 0 saturated carbocycles. The zero-order valence-corrected chi connectivity index (χ0v) is 17.7. The van der Waals surface area contributed by atoms with Crippen LogP contribution in [0.15, 0.2) is 29.8 Å². The van der Waals surface area contributed by atoms with Gasteiger partial charge in [0, 0.05) is 17.2 Å². The molecule has 0 fully saturated rings. The Bertz CT molecular complexity index is 1000. The van der Waals surface area contributed by atoms with Gasteiger partial charge in [-0.2, -0.15) is 0 Å². The summed E-state index contributed by atoms with van der Waals surface area (Å²) in [6.07, 6.45) is 2.16. The Labute approximate surface area is 175 Å². The minimum atomic E-state index is -0.723. The van der Waals surface area contributed by atoms with Gasteiger partial charge in [0.2, 0.25) is 5.75 Å². The number of phenols is 2. The van der Waals surface area contributed by atoms with Gasteiger partial charge in [-0.15, -0.1) is 0 Å². The highest BCUT2D eigenvalue weighted by Crippen LogP contribution is 2.48. The molecule has 160 valence electrons. The van der Waals surface area contributed by atoms with Crippen LogP contribution >= 0.6 is 0 Å². The van der Waals surface area contributed by atoms with Gasteiger partial charge in [-0.3, -0.25) is 4.79 Å². The number of benzene rings is 2. The van der Waals surface area contributed by atoms with Crippen molar-refractivity contribution in [3.8, 4) is 34.5 Å². The second kappa shape index (κ2) is 8.57. The minimum absolute atomic E-state index is 0.0316. The van der Waals surface area contributed by atoms with Crippen LogP contribution in [-0.2, 0) is 6.42 Å². The van der Waals surface area contributed by atoms with E-state index in [1.54, 1.807) is 12.1 Å². The molecule has 7 heteroatoms. The highest BCUT2D eigenvalue weighted by atomic mass is 16.5. The lowest BCUT2D eigenvalue weighted by atomic mass is 9.86. The quantitative estimate of drug-likeness (QED) is 0.690. The van der Waals surface area contributed by atoms with E-state index in [2.05, 4.69) is 0 Å². The molecule has 0 aliphatic carbocycles. The van der Waals surface area contributed by atoms with E-state index in [-0.39, 0.29) is 40.8 Å². The van der Waals surface area contributed by atoms with Crippen molar-refractivity contribution in [2.75, 3.05) is 27.9 Å². The molecular formula is C23H26O7. The number of carbonyl (C=O) groups is 1. The molecule has 2 aromatic carbocycles. The molecule has 0 saturated heterocycles. The summed E-state index contributed by atoms with van der Waals surface area (Å²) in [4.78, 5) is 13.4. The van der Waals surface area contributed by atoms with Crippen molar-refractivity contribution in [2.45, 2.75) is 26.2 Å². The molecule has 0 amide bonds. The monoisotopic (exact) mass is 414 g/mol. The maximum atomic E-state index is 13.4. The zero-order valence-electron chi connectivity index (χ0n) is 17.7. The van der Waals surface area contributed by atoms with Crippen LogP contribution in [0, 0.1) is 0 Å². The van der Waals surface area contributed by atoms with Crippen molar-refractivity contribution in [1.29, 1.82) is 0 Å². The van der Waals surface area contributed by atoms with E-state index in [9.17, 15) is 15.0 Å². The summed E-state index contributed by atoms with van der Waals surface area (Å²) in [5.41, 5.74) is 1.93. The largest absolute Gasteiger partial charge is 0.507 e. The average molecular weight is 414 g/mol. The van der Waals surface area contributed by atoms with Gasteiger partial charge in [0.05, 0.1) is 27.2 Å². The van der Waals surface area contributed by atoms with Crippen LogP contribution in [0.3, 0.4) is 0 Å². The predicted octanol–water partition coefficient (Wildman–Crippen LogP) is 3.99. The van der Waals surface area contributed by atoms with Crippen LogP contribution in [0.4, 0.5) is 0 Å².